The smallest absolute Gasteiger partial charge is 0.417 e. The van der Waals surface area contributed by atoms with Gasteiger partial charge in [0.1, 0.15) is 11.5 Å². The average molecular weight is 436 g/mol. The number of halogens is 3. The number of carbonyl (C=O) groups excluding carboxylic acids is 2. The number of rotatable bonds is 6. The van der Waals surface area contributed by atoms with Gasteiger partial charge in [-0.25, -0.2) is 0 Å². The Balaban J connectivity index is 1.52. The van der Waals surface area contributed by atoms with E-state index < -0.39 is 17.6 Å². The van der Waals surface area contributed by atoms with Crippen LogP contribution in [0.2, 0.25) is 0 Å². The highest BCUT2D eigenvalue weighted by Crippen LogP contribution is 2.32. The molecule has 0 radical (unpaired) electrons. The van der Waals surface area contributed by atoms with Gasteiger partial charge in [0.15, 0.2) is 6.61 Å². The lowest BCUT2D eigenvalue weighted by atomic mass is 10.1. The van der Waals surface area contributed by atoms with Gasteiger partial charge >= 0.3 is 6.18 Å². The van der Waals surface area contributed by atoms with Crippen LogP contribution >= 0.6 is 0 Å². The van der Waals surface area contributed by atoms with Crippen molar-refractivity contribution < 1.29 is 32.2 Å². The molecular weight excluding hydrogens is 413 g/mol. The van der Waals surface area contributed by atoms with Crippen molar-refractivity contribution in [3.8, 4) is 11.5 Å². The van der Waals surface area contributed by atoms with Crippen LogP contribution < -0.4 is 9.47 Å². The van der Waals surface area contributed by atoms with Crippen molar-refractivity contribution in [2.45, 2.75) is 13.1 Å². The fraction of sp³-hybridized carbons (Fsp3) is 0.364. The predicted octanol–water partition coefficient (Wildman–Crippen LogP) is 3.47. The zero-order valence-electron chi connectivity index (χ0n) is 17.0. The van der Waals surface area contributed by atoms with E-state index in [1.165, 1.54) is 28.0 Å². The second kappa shape index (κ2) is 9.72. The fourth-order valence-electron chi connectivity index (χ4n) is 3.28. The van der Waals surface area contributed by atoms with Crippen molar-refractivity contribution in [3.63, 3.8) is 0 Å². The Hall–Kier alpha value is -3.23. The van der Waals surface area contributed by atoms with Crippen LogP contribution in [0.3, 0.4) is 0 Å². The fourth-order valence-corrected chi connectivity index (χ4v) is 3.28. The third-order valence-corrected chi connectivity index (χ3v) is 4.88. The number of ether oxygens (including phenoxy) is 2. The number of benzene rings is 2. The third kappa shape index (κ3) is 5.68. The van der Waals surface area contributed by atoms with Crippen LogP contribution in [0.5, 0.6) is 11.5 Å². The molecule has 1 aliphatic rings. The normalized spacial score (nSPS) is 14.3. The molecule has 1 heterocycles. The minimum atomic E-state index is -4.61. The molecule has 3 rings (SSSR count). The Bertz CT molecular complexity index is 908. The van der Waals surface area contributed by atoms with Crippen molar-refractivity contribution in [1.82, 2.24) is 9.80 Å². The van der Waals surface area contributed by atoms with Crippen LogP contribution in [0.1, 0.15) is 22.8 Å². The number of amides is 2. The van der Waals surface area contributed by atoms with Gasteiger partial charge in [0, 0.05) is 26.2 Å². The average Bonchev–Trinajstić information content (AvgIpc) is 2.77. The molecule has 0 atom stereocenters. The number of nitrogens with zero attached hydrogens (tertiary/aromatic N) is 2. The van der Waals surface area contributed by atoms with E-state index in [2.05, 4.69) is 0 Å². The third-order valence-electron chi connectivity index (χ3n) is 4.88. The van der Waals surface area contributed by atoms with E-state index in [0.717, 1.165) is 6.07 Å². The first kappa shape index (κ1) is 22.5. The molecule has 0 N–H and O–H groups in total. The molecule has 1 fully saturated rings. The van der Waals surface area contributed by atoms with E-state index in [0.29, 0.717) is 18.1 Å². The van der Waals surface area contributed by atoms with E-state index in [1.54, 1.807) is 24.3 Å². The summed E-state index contributed by atoms with van der Waals surface area (Å²) in [5.74, 6) is 0.283. The maximum atomic E-state index is 13.2. The Morgan fingerprint density at radius 1 is 0.871 bits per heavy atom. The van der Waals surface area contributed by atoms with Crippen molar-refractivity contribution in [1.29, 1.82) is 0 Å². The molecule has 6 nitrogen and oxygen atoms in total. The van der Waals surface area contributed by atoms with Crippen LogP contribution in [0.25, 0.3) is 0 Å². The second-order valence-electron chi connectivity index (χ2n) is 6.91. The van der Waals surface area contributed by atoms with Gasteiger partial charge in [0.25, 0.3) is 11.8 Å². The molecule has 0 unspecified atom stereocenters. The zero-order chi connectivity index (χ0) is 22.4. The van der Waals surface area contributed by atoms with Crippen molar-refractivity contribution in [3.05, 3.63) is 59.7 Å². The molecule has 1 saturated heterocycles. The van der Waals surface area contributed by atoms with Crippen molar-refractivity contribution in [2.24, 2.45) is 0 Å². The Morgan fingerprint density at radius 3 is 2.00 bits per heavy atom. The van der Waals surface area contributed by atoms with Crippen LogP contribution in [0.4, 0.5) is 13.2 Å². The Morgan fingerprint density at radius 2 is 1.42 bits per heavy atom. The van der Waals surface area contributed by atoms with Crippen LogP contribution in [-0.4, -0.2) is 61.0 Å². The van der Waals surface area contributed by atoms with E-state index in [4.69, 9.17) is 9.47 Å². The van der Waals surface area contributed by atoms with Gasteiger partial charge in [-0.3, -0.25) is 9.59 Å². The molecule has 0 spiro atoms. The highest BCUT2D eigenvalue weighted by Gasteiger charge is 2.36. The number of hydrogen-bond acceptors (Lipinski definition) is 4. The van der Waals surface area contributed by atoms with E-state index in [1.807, 2.05) is 6.92 Å². The lowest BCUT2D eigenvalue weighted by Crippen LogP contribution is -2.51. The summed E-state index contributed by atoms with van der Waals surface area (Å²) in [4.78, 5) is 27.9. The first-order valence-corrected chi connectivity index (χ1v) is 9.88. The monoisotopic (exact) mass is 436 g/mol. The van der Waals surface area contributed by atoms with Gasteiger partial charge in [0.05, 0.1) is 17.7 Å². The minimum absolute atomic E-state index is 0.153. The largest absolute Gasteiger partial charge is 0.494 e. The molecule has 31 heavy (non-hydrogen) atoms. The van der Waals surface area contributed by atoms with E-state index in [-0.39, 0.29) is 44.3 Å². The second-order valence-corrected chi connectivity index (χ2v) is 6.91. The molecule has 0 saturated carbocycles. The van der Waals surface area contributed by atoms with Gasteiger partial charge < -0.3 is 19.3 Å². The molecule has 0 aromatic heterocycles. The number of carbonyl (C=O) groups is 2. The van der Waals surface area contributed by atoms with Gasteiger partial charge in [-0.2, -0.15) is 13.2 Å². The van der Waals surface area contributed by atoms with Crippen molar-refractivity contribution >= 4 is 11.8 Å². The lowest BCUT2D eigenvalue weighted by Gasteiger charge is -2.35. The standard InChI is InChI=1S/C22H23F3N2O4/c1-2-30-16-7-9-17(10-8-16)31-15-20(28)26-11-13-27(14-12-26)21(29)18-5-3-4-6-19(18)22(23,24)25/h3-10H,2,11-15H2,1H3. The first-order chi connectivity index (χ1) is 14.8. The SMILES string of the molecule is CCOc1ccc(OCC(=O)N2CCN(C(=O)c3ccccc3C(F)(F)F)CC2)cc1. The maximum absolute atomic E-state index is 13.2. The molecule has 9 heteroatoms. The molecule has 2 amide bonds. The van der Waals surface area contributed by atoms with Crippen molar-refractivity contribution in [2.75, 3.05) is 39.4 Å². The maximum Gasteiger partial charge on any atom is 0.417 e. The summed E-state index contributed by atoms with van der Waals surface area (Å²) < 4.78 is 50.4. The highest BCUT2D eigenvalue weighted by atomic mass is 19.4. The summed E-state index contributed by atoms with van der Waals surface area (Å²) in [6.45, 7) is 3.02. The molecule has 1 aliphatic heterocycles. The predicted molar refractivity (Wildman–Crippen MR) is 107 cm³/mol. The Kier molecular flexibility index (Phi) is 7.04. The topological polar surface area (TPSA) is 59.1 Å². The van der Waals surface area contributed by atoms with Gasteiger partial charge in [-0.15, -0.1) is 0 Å². The van der Waals surface area contributed by atoms with Gasteiger partial charge in [-0.05, 0) is 43.3 Å². The van der Waals surface area contributed by atoms with Crippen LogP contribution in [0.15, 0.2) is 48.5 Å². The number of alkyl halides is 3. The van der Waals surface area contributed by atoms with E-state index in [9.17, 15) is 22.8 Å². The number of hydrogen-bond donors (Lipinski definition) is 0. The summed E-state index contributed by atoms with van der Waals surface area (Å²) >= 11 is 0. The zero-order valence-corrected chi connectivity index (χ0v) is 17.0. The summed E-state index contributed by atoms with van der Waals surface area (Å²) in [6.07, 6.45) is -4.61. The molecule has 2 aromatic rings. The van der Waals surface area contributed by atoms with Crippen LogP contribution in [-0.2, 0) is 11.0 Å². The van der Waals surface area contributed by atoms with Gasteiger partial charge in [0.2, 0.25) is 0 Å². The number of piperazine rings is 1. The summed E-state index contributed by atoms with van der Waals surface area (Å²) in [5, 5.41) is 0. The lowest BCUT2D eigenvalue weighted by molar-refractivity contribution is -0.138. The highest BCUT2D eigenvalue weighted by molar-refractivity contribution is 5.96. The van der Waals surface area contributed by atoms with Crippen LogP contribution in [0, 0.1) is 0 Å². The molecule has 0 bridgehead atoms. The van der Waals surface area contributed by atoms with Gasteiger partial charge in [-0.1, -0.05) is 12.1 Å². The molecular formula is C22H23F3N2O4. The summed E-state index contributed by atoms with van der Waals surface area (Å²) in [5.41, 5.74) is -1.34. The van der Waals surface area contributed by atoms with E-state index >= 15 is 0 Å². The summed E-state index contributed by atoms with van der Waals surface area (Å²) in [6, 6.07) is 11.6. The Labute approximate surface area is 178 Å². The summed E-state index contributed by atoms with van der Waals surface area (Å²) in [7, 11) is 0. The quantitative estimate of drug-likeness (QED) is 0.696. The first-order valence-electron chi connectivity index (χ1n) is 9.88. The molecule has 166 valence electrons. The molecule has 2 aromatic carbocycles. The molecule has 0 aliphatic carbocycles. The minimum Gasteiger partial charge on any atom is -0.494 e.